The number of rotatable bonds is 9. The summed E-state index contributed by atoms with van der Waals surface area (Å²) in [6, 6.07) is 4.02. The van der Waals surface area contributed by atoms with Crippen LogP contribution in [0.4, 0.5) is 0 Å². The van der Waals surface area contributed by atoms with Crippen LogP contribution in [0.1, 0.15) is 87.4 Å². The molecule has 0 heterocycles. The highest BCUT2D eigenvalue weighted by Crippen LogP contribution is 2.31. The molecule has 0 aliphatic carbocycles. The Morgan fingerprint density at radius 3 is 2.03 bits per heavy atom. The van der Waals surface area contributed by atoms with Gasteiger partial charge in [0, 0.05) is 5.56 Å². The molecule has 0 amide bonds. The van der Waals surface area contributed by atoms with Crippen LogP contribution < -0.4 is 0 Å². The van der Waals surface area contributed by atoms with Gasteiger partial charge in [-0.1, -0.05) is 63.3 Å². The van der Waals surface area contributed by atoms with Gasteiger partial charge in [0.15, 0.2) is 5.78 Å². The highest BCUT2D eigenvalue weighted by Gasteiger charge is 2.33. The van der Waals surface area contributed by atoms with Crippen LogP contribution in [0.2, 0.25) is 0 Å². The molecule has 3 unspecified atom stereocenters. The zero-order valence-electron chi connectivity index (χ0n) is 19.6. The number of ketones is 1. The lowest BCUT2D eigenvalue weighted by atomic mass is 9.79. The van der Waals surface area contributed by atoms with Crippen molar-refractivity contribution < 1.29 is 18.9 Å². The fourth-order valence-electron chi connectivity index (χ4n) is 4.00. The molecule has 0 N–H and O–H groups in total. The van der Waals surface area contributed by atoms with Crippen LogP contribution in [-0.2, 0) is 14.1 Å². The van der Waals surface area contributed by atoms with Gasteiger partial charge in [-0.2, -0.15) is 0 Å². The van der Waals surface area contributed by atoms with Crippen molar-refractivity contribution in [3.63, 3.8) is 0 Å². The average Bonchev–Trinajstić information content (AvgIpc) is 2.59. The predicted octanol–water partition coefficient (Wildman–Crippen LogP) is 6.42. The van der Waals surface area contributed by atoms with Crippen LogP contribution in [0.15, 0.2) is 12.1 Å². The molecule has 0 spiro atoms. The highest BCUT2D eigenvalue weighted by atomic mass is 31.0. The first kappa shape index (κ1) is 27.5. The molecule has 0 bridgehead atoms. The number of hydrogen-bond acceptors (Lipinski definition) is 4. The van der Waals surface area contributed by atoms with Crippen molar-refractivity contribution in [1.29, 1.82) is 0 Å². The molecule has 3 atom stereocenters. The van der Waals surface area contributed by atoms with Gasteiger partial charge in [0.1, 0.15) is 5.92 Å². The maximum Gasteiger partial charge on any atom is 0.316 e. The van der Waals surface area contributed by atoms with Crippen molar-refractivity contribution >= 4 is 20.9 Å². The molecule has 4 nitrogen and oxygen atoms in total. The fourth-order valence-corrected chi connectivity index (χ4v) is 4.00. The first-order valence-corrected chi connectivity index (χ1v) is 11.0. The van der Waals surface area contributed by atoms with Crippen LogP contribution >= 0.6 is 9.12 Å². The minimum absolute atomic E-state index is 0.0905. The van der Waals surface area contributed by atoms with E-state index in [0.717, 1.165) is 36.0 Å². The number of carbonyl (C=O) groups is 2. The maximum atomic E-state index is 13.4. The number of Topliss-reactive ketones (excluding diaryl/α,β-unsaturated/α-hetero) is 1. The average molecular weight is 424 g/mol. The lowest BCUT2D eigenvalue weighted by Gasteiger charge is -2.26. The Bertz CT molecular complexity index is 653. The van der Waals surface area contributed by atoms with Crippen molar-refractivity contribution in [2.45, 2.75) is 81.1 Å². The first-order chi connectivity index (χ1) is 13.5. The molecular formula is C24H40O4P+. The molecule has 1 aromatic carbocycles. The zero-order chi connectivity index (χ0) is 22.8. The Morgan fingerprint density at radius 1 is 1.07 bits per heavy atom. The molecule has 0 fully saturated rings. The second-order valence-electron chi connectivity index (χ2n) is 9.32. The van der Waals surface area contributed by atoms with Gasteiger partial charge in [0.2, 0.25) is 0 Å². The summed E-state index contributed by atoms with van der Waals surface area (Å²) >= 11 is 0. The minimum atomic E-state index is -0.723. The molecule has 29 heavy (non-hydrogen) atoms. The molecule has 0 aliphatic heterocycles. The summed E-state index contributed by atoms with van der Waals surface area (Å²) in [4.78, 5) is 26.2. The summed E-state index contributed by atoms with van der Waals surface area (Å²) in [7, 11) is 1.17. The van der Waals surface area contributed by atoms with Crippen molar-refractivity contribution in [1.82, 2.24) is 0 Å². The highest BCUT2D eigenvalue weighted by molar-refractivity contribution is 7.00. The quantitative estimate of drug-likeness (QED) is 0.151. The topological polar surface area (TPSA) is 60.4 Å². The number of ether oxygens (including phenoxy) is 1. The van der Waals surface area contributed by atoms with E-state index in [0.29, 0.717) is 18.6 Å². The van der Waals surface area contributed by atoms with Gasteiger partial charge in [0.05, 0.1) is 6.61 Å². The van der Waals surface area contributed by atoms with Crippen LogP contribution in [0.5, 0.6) is 0 Å². The molecule has 0 radical (unpaired) electrons. The largest absolute Gasteiger partial charge is 0.465 e. The second-order valence-corrected chi connectivity index (χ2v) is 9.32. The molecule has 1 rings (SSSR count). The van der Waals surface area contributed by atoms with Crippen molar-refractivity contribution in [2.75, 3.05) is 6.61 Å². The van der Waals surface area contributed by atoms with Gasteiger partial charge in [0.25, 0.3) is 0 Å². The van der Waals surface area contributed by atoms with Gasteiger partial charge in [-0.15, -0.1) is 0 Å². The summed E-state index contributed by atoms with van der Waals surface area (Å²) in [6.45, 7) is 17.1. The predicted molar refractivity (Wildman–Crippen MR) is 123 cm³/mol. The molecule has 1 aromatic rings. The summed E-state index contributed by atoms with van der Waals surface area (Å²) in [6.07, 6.45) is 3.29. The lowest BCUT2D eigenvalue weighted by molar-refractivity contribution is -0.147. The number of aryl methyl sites for hydroxylation is 3. The van der Waals surface area contributed by atoms with E-state index in [4.69, 9.17) is 9.30 Å². The van der Waals surface area contributed by atoms with Gasteiger partial charge >= 0.3 is 15.1 Å². The third-order valence-corrected chi connectivity index (χ3v) is 4.87. The number of unbranched alkanes of at least 4 members (excludes halogenated alkanes) is 1. The van der Waals surface area contributed by atoms with E-state index < -0.39 is 5.92 Å². The van der Waals surface area contributed by atoms with E-state index in [-0.39, 0.29) is 23.1 Å². The third-order valence-electron chi connectivity index (χ3n) is 4.87. The standard InChI is InChI=1S/C24H38O3.H2OP/c1-9-10-11-27-23(26)20(14-17(3)15-24(6,7)8)22(25)21-18(4)12-16(2)13-19(21)5;1-2/h12-13,17,20H,9-11,14-15H2,1-8H3;2H2/q;+1. The summed E-state index contributed by atoms with van der Waals surface area (Å²) in [5, 5.41) is 0. The summed E-state index contributed by atoms with van der Waals surface area (Å²) < 4.78 is 13.6. The summed E-state index contributed by atoms with van der Waals surface area (Å²) in [5.74, 6) is -0.913. The smallest absolute Gasteiger partial charge is 0.316 e. The van der Waals surface area contributed by atoms with Gasteiger partial charge in [-0.05, 0) is 62.5 Å². The third kappa shape index (κ3) is 9.67. The molecule has 5 heteroatoms. The molecule has 0 aliphatic rings. The Morgan fingerprint density at radius 2 is 1.59 bits per heavy atom. The number of hydrogen-bond donors (Lipinski definition) is 0. The van der Waals surface area contributed by atoms with E-state index in [2.05, 4.69) is 34.6 Å². The molecule has 0 aromatic heterocycles. The van der Waals surface area contributed by atoms with Crippen molar-refractivity contribution in [2.24, 2.45) is 17.3 Å². The van der Waals surface area contributed by atoms with Crippen LogP contribution in [0.25, 0.3) is 0 Å². The Hall–Kier alpha value is -1.54. The van der Waals surface area contributed by atoms with Crippen LogP contribution in [-0.4, -0.2) is 18.4 Å². The van der Waals surface area contributed by atoms with E-state index in [1.54, 1.807) is 0 Å². The Labute approximate surface area is 179 Å². The normalized spacial score (nSPS) is 13.1. The van der Waals surface area contributed by atoms with Gasteiger partial charge in [-0.3, -0.25) is 9.59 Å². The SMILES string of the molecule is CCCCOC(=O)C(CC(C)CC(C)(C)C)C(=O)c1c(C)cc(C)cc1C.O=[PH2+]. The molecule has 164 valence electrons. The number of carbonyl (C=O) groups excluding carboxylic acids is 2. The number of esters is 1. The Balaban J connectivity index is 0.00000379. The van der Waals surface area contributed by atoms with Crippen LogP contribution in [0, 0.1) is 38.0 Å². The molecule has 0 saturated carbocycles. The van der Waals surface area contributed by atoms with E-state index >= 15 is 0 Å². The van der Waals surface area contributed by atoms with Crippen LogP contribution in [0.3, 0.4) is 0 Å². The van der Waals surface area contributed by atoms with E-state index in [1.165, 1.54) is 9.12 Å². The van der Waals surface area contributed by atoms with Crippen molar-refractivity contribution in [3.8, 4) is 0 Å². The van der Waals surface area contributed by atoms with E-state index in [1.807, 2.05) is 32.9 Å². The fraction of sp³-hybridized carbons (Fsp3) is 0.667. The number of benzene rings is 1. The van der Waals surface area contributed by atoms with E-state index in [9.17, 15) is 9.59 Å². The minimum Gasteiger partial charge on any atom is -0.465 e. The molecular weight excluding hydrogens is 383 g/mol. The monoisotopic (exact) mass is 423 g/mol. The van der Waals surface area contributed by atoms with Crippen molar-refractivity contribution in [3.05, 3.63) is 34.4 Å². The molecule has 0 saturated heterocycles. The zero-order valence-corrected chi connectivity index (χ0v) is 20.7. The lowest BCUT2D eigenvalue weighted by Crippen LogP contribution is -2.30. The summed E-state index contributed by atoms with van der Waals surface area (Å²) in [5.41, 5.74) is 3.85. The first-order valence-electron chi connectivity index (χ1n) is 10.5. The van der Waals surface area contributed by atoms with Gasteiger partial charge < -0.3 is 4.74 Å². The second kappa shape index (κ2) is 12.9. The maximum absolute atomic E-state index is 13.4. The van der Waals surface area contributed by atoms with Gasteiger partial charge in [-0.25, -0.2) is 0 Å². The Kier molecular flexibility index (Phi) is 12.2.